The highest BCUT2D eigenvalue weighted by Crippen LogP contribution is 2.34. The molecule has 1 aromatic heterocycles. The Labute approximate surface area is 173 Å². The van der Waals surface area contributed by atoms with Crippen LogP contribution in [0.4, 0.5) is 23.2 Å². The number of aromatic nitrogens is 1. The fourth-order valence-electron chi connectivity index (χ4n) is 2.63. The Hall–Kier alpha value is -3.69. The fraction of sp³-hybridized carbons (Fsp3) is 0.190. The normalized spacial score (nSPS) is 11.2. The van der Waals surface area contributed by atoms with Crippen molar-refractivity contribution in [3.05, 3.63) is 72.0 Å². The summed E-state index contributed by atoms with van der Waals surface area (Å²) in [6.45, 7) is -0.739. The second-order valence-electron chi connectivity index (χ2n) is 6.38. The van der Waals surface area contributed by atoms with Crippen LogP contribution in [-0.2, 0) is 26.9 Å². The Morgan fingerprint density at radius 3 is 2.48 bits per heavy atom. The first-order valence-corrected chi connectivity index (χ1v) is 9.05. The van der Waals surface area contributed by atoms with Crippen molar-refractivity contribution in [1.29, 1.82) is 0 Å². The molecular formula is C21H16F4N2O4. The minimum Gasteiger partial charge on any atom is -0.456 e. The van der Waals surface area contributed by atoms with E-state index >= 15 is 0 Å². The number of alkyl halides is 3. The maximum absolute atomic E-state index is 13.0. The molecule has 0 radical (unpaired) electrons. The van der Waals surface area contributed by atoms with Crippen molar-refractivity contribution in [2.75, 3.05) is 11.9 Å². The number of rotatable bonds is 7. The van der Waals surface area contributed by atoms with Gasteiger partial charge in [-0.05, 0) is 36.4 Å². The van der Waals surface area contributed by atoms with Gasteiger partial charge >= 0.3 is 12.1 Å². The van der Waals surface area contributed by atoms with Gasteiger partial charge in [0.15, 0.2) is 18.3 Å². The van der Waals surface area contributed by atoms with Crippen LogP contribution in [0.1, 0.15) is 17.9 Å². The molecule has 0 aliphatic carbocycles. The van der Waals surface area contributed by atoms with Crippen LogP contribution in [0.5, 0.6) is 0 Å². The molecule has 0 bridgehead atoms. The largest absolute Gasteiger partial charge is 0.456 e. The Balaban J connectivity index is 1.47. The first-order valence-electron chi connectivity index (χ1n) is 9.05. The number of hydrogen-bond acceptors (Lipinski definition) is 5. The molecule has 0 aliphatic heterocycles. The number of oxazole rings is 1. The molecule has 10 heteroatoms. The molecule has 1 amide bonds. The van der Waals surface area contributed by atoms with Gasteiger partial charge in [-0.25, -0.2) is 9.37 Å². The number of nitrogens with one attached hydrogen (secondary N) is 1. The summed E-state index contributed by atoms with van der Waals surface area (Å²) in [4.78, 5) is 27.7. The maximum atomic E-state index is 13.0. The molecule has 162 valence electrons. The van der Waals surface area contributed by atoms with Crippen molar-refractivity contribution in [1.82, 2.24) is 4.98 Å². The third kappa shape index (κ3) is 6.14. The number of amides is 1. The molecule has 31 heavy (non-hydrogen) atoms. The predicted octanol–water partition coefficient (Wildman–Crippen LogP) is 4.61. The molecule has 3 rings (SSSR count). The number of carbonyl (C=O) groups excluding carboxylic acids is 2. The van der Waals surface area contributed by atoms with Gasteiger partial charge in [0.25, 0.3) is 5.91 Å². The summed E-state index contributed by atoms with van der Waals surface area (Å²) in [5.41, 5.74) is -0.821. The van der Waals surface area contributed by atoms with Gasteiger partial charge in [-0.2, -0.15) is 13.2 Å². The number of hydrogen-bond donors (Lipinski definition) is 1. The second kappa shape index (κ2) is 9.41. The van der Waals surface area contributed by atoms with E-state index < -0.39 is 41.7 Å². The topological polar surface area (TPSA) is 81.4 Å². The molecule has 0 fully saturated rings. The van der Waals surface area contributed by atoms with Crippen molar-refractivity contribution >= 4 is 17.6 Å². The van der Waals surface area contributed by atoms with E-state index in [2.05, 4.69) is 10.3 Å². The highest BCUT2D eigenvalue weighted by molar-refractivity contribution is 5.93. The summed E-state index contributed by atoms with van der Waals surface area (Å²) in [5, 5.41) is 2.08. The lowest BCUT2D eigenvalue weighted by molar-refractivity contribution is -0.147. The van der Waals surface area contributed by atoms with E-state index in [-0.39, 0.29) is 18.7 Å². The molecule has 0 spiro atoms. The highest BCUT2D eigenvalue weighted by atomic mass is 19.4. The van der Waals surface area contributed by atoms with E-state index in [0.29, 0.717) is 11.3 Å². The third-order valence-corrected chi connectivity index (χ3v) is 4.10. The number of carbonyl (C=O) groups is 2. The van der Waals surface area contributed by atoms with Crippen LogP contribution in [0.25, 0.3) is 11.3 Å². The van der Waals surface area contributed by atoms with E-state index in [1.165, 1.54) is 42.6 Å². The van der Waals surface area contributed by atoms with E-state index in [1.807, 2.05) is 0 Å². The zero-order valence-electron chi connectivity index (χ0n) is 15.9. The number of halogens is 4. The lowest BCUT2D eigenvalue weighted by atomic mass is 10.1. The lowest BCUT2D eigenvalue weighted by Crippen LogP contribution is -2.22. The average Bonchev–Trinajstić information content (AvgIpc) is 3.20. The number of ether oxygens (including phenoxy) is 1. The van der Waals surface area contributed by atoms with E-state index in [4.69, 9.17) is 9.15 Å². The molecule has 0 saturated carbocycles. The molecule has 2 aromatic carbocycles. The zero-order chi connectivity index (χ0) is 22.4. The minimum absolute atomic E-state index is 0.0819. The quantitative estimate of drug-likeness (QED) is 0.432. The van der Waals surface area contributed by atoms with Crippen molar-refractivity contribution < 1.29 is 36.3 Å². The third-order valence-electron chi connectivity index (χ3n) is 4.10. The van der Waals surface area contributed by atoms with Crippen molar-refractivity contribution in [2.24, 2.45) is 0 Å². The molecule has 3 aromatic rings. The van der Waals surface area contributed by atoms with Crippen LogP contribution in [0.15, 0.2) is 59.1 Å². The second-order valence-corrected chi connectivity index (χ2v) is 6.38. The number of benzene rings is 2. The Bertz CT molecular complexity index is 1060. The number of esters is 1. The van der Waals surface area contributed by atoms with Crippen LogP contribution in [0.3, 0.4) is 0 Å². The maximum Gasteiger partial charge on any atom is 0.418 e. The summed E-state index contributed by atoms with van der Waals surface area (Å²) in [7, 11) is 0. The molecule has 0 atom stereocenters. The number of anilines is 1. The van der Waals surface area contributed by atoms with Crippen LogP contribution >= 0.6 is 0 Å². The standard InChI is InChI=1S/C21H16F4N2O4/c22-14-7-5-13(6-8-14)17-11-26-19(31-17)9-10-20(29)30-12-18(28)27-16-4-2-1-3-15(16)21(23,24)25/h1-8,11H,9-10,12H2,(H,27,28). The molecular weight excluding hydrogens is 420 g/mol. The minimum atomic E-state index is -4.64. The first-order chi connectivity index (χ1) is 14.7. The number of aryl methyl sites for hydroxylation is 1. The van der Waals surface area contributed by atoms with Gasteiger partial charge in [-0.15, -0.1) is 0 Å². The Morgan fingerprint density at radius 1 is 1.06 bits per heavy atom. The van der Waals surface area contributed by atoms with Gasteiger partial charge in [0.05, 0.1) is 23.9 Å². The number of para-hydroxylation sites is 1. The Morgan fingerprint density at radius 2 is 1.77 bits per heavy atom. The lowest BCUT2D eigenvalue weighted by Gasteiger charge is -2.13. The van der Waals surface area contributed by atoms with Gasteiger partial charge in [-0.1, -0.05) is 12.1 Å². The molecule has 0 saturated heterocycles. The van der Waals surface area contributed by atoms with Gasteiger partial charge < -0.3 is 14.5 Å². The summed E-state index contributed by atoms with van der Waals surface area (Å²) >= 11 is 0. The fourth-order valence-corrected chi connectivity index (χ4v) is 2.63. The van der Waals surface area contributed by atoms with Crippen molar-refractivity contribution in [3.8, 4) is 11.3 Å². The molecule has 1 N–H and O–H groups in total. The van der Waals surface area contributed by atoms with Gasteiger partial charge in [0.1, 0.15) is 5.82 Å². The number of nitrogens with zero attached hydrogens (tertiary/aromatic N) is 1. The van der Waals surface area contributed by atoms with E-state index in [1.54, 1.807) is 0 Å². The van der Waals surface area contributed by atoms with Gasteiger partial charge in [0, 0.05) is 12.0 Å². The van der Waals surface area contributed by atoms with Gasteiger partial charge in [-0.3, -0.25) is 9.59 Å². The Kier molecular flexibility index (Phi) is 6.68. The SMILES string of the molecule is O=C(COC(=O)CCc1ncc(-c2ccc(F)cc2)o1)Nc1ccccc1C(F)(F)F. The summed E-state index contributed by atoms with van der Waals surface area (Å²) in [6, 6.07) is 10.0. The smallest absolute Gasteiger partial charge is 0.418 e. The zero-order valence-corrected chi connectivity index (χ0v) is 15.9. The monoisotopic (exact) mass is 436 g/mol. The van der Waals surface area contributed by atoms with Crippen LogP contribution in [0.2, 0.25) is 0 Å². The van der Waals surface area contributed by atoms with Crippen LogP contribution in [-0.4, -0.2) is 23.5 Å². The van der Waals surface area contributed by atoms with Crippen molar-refractivity contribution in [3.63, 3.8) is 0 Å². The molecule has 0 aliphatic rings. The molecule has 0 unspecified atom stereocenters. The highest BCUT2D eigenvalue weighted by Gasteiger charge is 2.33. The average molecular weight is 436 g/mol. The summed E-state index contributed by atoms with van der Waals surface area (Å²) in [6.07, 6.45) is -3.28. The molecule has 6 nitrogen and oxygen atoms in total. The van der Waals surface area contributed by atoms with Crippen LogP contribution in [0, 0.1) is 5.82 Å². The summed E-state index contributed by atoms with van der Waals surface area (Å²) < 4.78 is 62.0. The van der Waals surface area contributed by atoms with E-state index in [9.17, 15) is 27.2 Å². The molecule has 1 heterocycles. The predicted molar refractivity (Wildman–Crippen MR) is 101 cm³/mol. The first kappa shape index (κ1) is 22.0. The van der Waals surface area contributed by atoms with Crippen LogP contribution < -0.4 is 5.32 Å². The van der Waals surface area contributed by atoms with E-state index in [0.717, 1.165) is 12.1 Å². The van der Waals surface area contributed by atoms with Crippen molar-refractivity contribution in [2.45, 2.75) is 19.0 Å². The summed E-state index contributed by atoms with van der Waals surface area (Å²) in [5.74, 6) is -1.41. The van der Waals surface area contributed by atoms with Gasteiger partial charge in [0.2, 0.25) is 0 Å².